The summed E-state index contributed by atoms with van der Waals surface area (Å²) in [5.74, 6) is 0. The Balaban J connectivity index is 2.55. The smallest absolute Gasteiger partial charge is 0.261 e. The fourth-order valence-corrected chi connectivity index (χ4v) is 9.02. The molecule has 31 heavy (non-hydrogen) atoms. The van der Waals surface area contributed by atoms with Crippen molar-refractivity contribution in [3.05, 3.63) is 72.8 Å². The molecule has 0 aliphatic heterocycles. The molecule has 0 saturated heterocycles. The molecule has 0 radical (unpaired) electrons. The van der Waals surface area contributed by atoms with Crippen molar-refractivity contribution in [2.24, 2.45) is 0 Å². The number of hydrogen-bond acceptors (Lipinski definition) is 3. The van der Waals surface area contributed by atoms with Crippen LogP contribution in [0.2, 0.25) is 5.04 Å². The summed E-state index contributed by atoms with van der Waals surface area (Å²) in [6.45, 7) is 8.93. The third-order valence-electron chi connectivity index (χ3n) is 5.92. The molecule has 2 N–H and O–H groups in total. The van der Waals surface area contributed by atoms with Crippen LogP contribution in [-0.4, -0.2) is 37.3 Å². The summed E-state index contributed by atoms with van der Waals surface area (Å²) >= 11 is 0. The van der Waals surface area contributed by atoms with Gasteiger partial charge in [-0.25, -0.2) is 0 Å². The zero-order chi connectivity index (χ0) is 22.7. The molecule has 170 valence electrons. The van der Waals surface area contributed by atoms with E-state index < -0.39 is 14.4 Å². The van der Waals surface area contributed by atoms with E-state index in [1.165, 1.54) is 10.4 Å². The van der Waals surface area contributed by atoms with Crippen LogP contribution >= 0.6 is 0 Å². The van der Waals surface area contributed by atoms with Gasteiger partial charge >= 0.3 is 0 Å². The maximum Gasteiger partial charge on any atom is 0.261 e. The maximum absolute atomic E-state index is 11.2. The number of aliphatic hydroxyl groups is 2. The summed E-state index contributed by atoms with van der Waals surface area (Å²) in [4.78, 5) is 0. The van der Waals surface area contributed by atoms with E-state index in [0.717, 1.165) is 25.7 Å². The SMILES string of the molecule is CCCCCC(O)[C@H](C/C=C/CO)O[Si](c1ccccc1)(c1ccccc1)C(C)(C)C. The molecule has 0 bridgehead atoms. The highest BCUT2D eigenvalue weighted by Crippen LogP contribution is 2.38. The molecule has 0 saturated carbocycles. The van der Waals surface area contributed by atoms with Crippen LogP contribution in [0.4, 0.5) is 0 Å². The number of aliphatic hydroxyl groups excluding tert-OH is 2. The van der Waals surface area contributed by atoms with E-state index in [9.17, 15) is 10.2 Å². The molecule has 0 aliphatic carbocycles. The lowest BCUT2D eigenvalue weighted by molar-refractivity contribution is 0.0251. The first-order valence-corrected chi connectivity index (χ1v) is 13.5. The van der Waals surface area contributed by atoms with Gasteiger partial charge in [-0.3, -0.25) is 0 Å². The molecule has 0 amide bonds. The van der Waals surface area contributed by atoms with Crippen molar-refractivity contribution in [2.45, 2.75) is 77.0 Å². The van der Waals surface area contributed by atoms with Crippen LogP contribution in [0.5, 0.6) is 0 Å². The highest BCUT2D eigenvalue weighted by atomic mass is 28.4. The molecule has 0 fully saturated rings. The Morgan fingerprint density at radius 2 is 1.45 bits per heavy atom. The molecule has 2 aromatic rings. The van der Waals surface area contributed by atoms with Crippen molar-refractivity contribution in [1.82, 2.24) is 0 Å². The lowest BCUT2D eigenvalue weighted by atomic mass is 10.0. The number of hydrogen-bond donors (Lipinski definition) is 2. The molecule has 0 aliphatic rings. The molecule has 1 unspecified atom stereocenters. The fourth-order valence-electron chi connectivity index (χ4n) is 4.30. The Hall–Kier alpha value is -1.72. The van der Waals surface area contributed by atoms with Crippen molar-refractivity contribution in [3.8, 4) is 0 Å². The quantitative estimate of drug-likeness (QED) is 0.283. The first-order valence-electron chi connectivity index (χ1n) is 11.6. The monoisotopic (exact) mass is 440 g/mol. The van der Waals surface area contributed by atoms with E-state index in [4.69, 9.17) is 4.43 Å². The van der Waals surface area contributed by atoms with Crippen LogP contribution < -0.4 is 10.4 Å². The fraction of sp³-hybridized carbons (Fsp3) is 0.481. The molecule has 0 aromatic heterocycles. The molecular weight excluding hydrogens is 400 g/mol. The van der Waals surface area contributed by atoms with Gasteiger partial charge in [-0.15, -0.1) is 0 Å². The second-order valence-corrected chi connectivity index (χ2v) is 13.5. The summed E-state index contributed by atoms with van der Waals surface area (Å²) in [6, 6.07) is 21.1. The van der Waals surface area contributed by atoms with E-state index in [0.29, 0.717) is 6.42 Å². The van der Waals surface area contributed by atoms with Crippen LogP contribution in [0.3, 0.4) is 0 Å². The topological polar surface area (TPSA) is 49.7 Å². The second kappa shape index (κ2) is 12.3. The van der Waals surface area contributed by atoms with Gasteiger partial charge in [-0.2, -0.15) is 0 Å². The lowest BCUT2D eigenvalue weighted by Gasteiger charge is -2.46. The zero-order valence-corrected chi connectivity index (χ0v) is 20.6. The van der Waals surface area contributed by atoms with Crippen LogP contribution in [0.1, 0.15) is 59.8 Å². The van der Waals surface area contributed by atoms with Crippen LogP contribution in [0.25, 0.3) is 0 Å². The Morgan fingerprint density at radius 3 is 1.90 bits per heavy atom. The van der Waals surface area contributed by atoms with Gasteiger partial charge in [0.25, 0.3) is 8.32 Å². The Kier molecular flexibility index (Phi) is 10.2. The molecule has 2 rings (SSSR count). The summed E-state index contributed by atoms with van der Waals surface area (Å²) in [5.41, 5.74) is 0. The lowest BCUT2D eigenvalue weighted by Crippen LogP contribution is -2.68. The van der Waals surface area contributed by atoms with Crippen LogP contribution in [-0.2, 0) is 4.43 Å². The summed E-state index contributed by atoms with van der Waals surface area (Å²) in [7, 11) is -2.74. The van der Waals surface area contributed by atoms with Gasteiger partial charge in [0.1, 0.15) is 0 Å². The molecule has 4 heteroatoms. The Morgan fingerprint density at radius 1 is 0.903 bits per heavy atom. The van der Waals surface area contributed by atoms with Gasteiger partial charge in [0.2, 0.25) is 0 Å². The van der Waals surface area contributed by atoms with E-state index in [1.54, 1.807) is 6.08 Å². The van der Waals surface area contributed by atoms with Gasteiger partial charge in [0, 0.05) is 0 Å². The number of unbranched alkanes of at least 4 members (excludes halogenated alkanes) is 2. The van der Waals surface area contributed by atoms with Crippen molar-refractivity contribution in [3.63, 3.8) is 0 Å². The molecule has 2 atom stereocenters. The van der Waals surface area contributed by atoms with E-state index in [1.807, 2.05) is 18.2 Å². The Labute approximate surface area is 189 Å². The largest absolute Gasteiger partial charge is 0.402 e. The molecule has 0 heterocycles. The first-order chi connectivity index (χ1) is 14.9. The first kappa shape index (κ1) is 25.5. The molecule has 2 aromatic carbocycles. The number of rotatable bonds is 12. The van der Waals surface area contributed by atoms with Crippen molar-refractivity contribution >= 4 is 18.7 Å². The van der Waals surface area contributed by atoms with Gasteiger partial charge in [0.15, 0.2) is 0 Å². The van der Waals surface area contributed by atoms with Gasteiger partial charge in [-0.1, -0.05) is 120 Å². The minimum atomic E-state index is -2.74. The molecule has 3 nitrogen and oxygen atoms in total. The second-order valence-electron chi connectivity index (χ2n) is 9.27. The van der Waals surface area contributed by atoms with Gasteiger partial charge in [0.05, 0.1) is 18.8 Å². The van der Waals surface area contributed by atoms with Crippen molar-refractivity contribution in [2.75, 3.05) is 6.61 Å². The summed E-state index contributed by atoms with van der Waals surface area (Å²) in [6.07, 6.45) is 7.32. The maximum atomic E-state index is 11.2. The predicted octanol–water partition coefficient (Wildman–Crippen LogP) is 4.81. The van der Waals surface area contributed by atoms with Gasteiger partial charge in [-0.05, 0) is 28.3 Å². The van der Waals surface area contributed by atoms with E-state index >= 15 is 0 Å². The Bertz CT molecular complexity index is 729. The predicted molar refractivity (Wildman–Crippen MR) is 133 cm³/mol. The zero-order valence-electron chi connectivity index (χ0n) is 19.6. The third-order valence-corrected chi connectivity index (χ3v) is 11.0. The van der Waals surface area contributed by atoms with E-state index in [2.05, 4.69) is 76.2 Å². The highest BCUT2D eigenvalue weighted by molar-refractivity contribution is 6.99. The normalized spacial score (nSPS) is 14.6. The van der Waals surface area contributed by atoms with E-state index in [-0.39, 0.29) is 17.7 Å². The summed E-state index contributed by atoms with van der Waals surface area (Å²) < 4.78 is 7.17. The summed E-state index contributed by atoms with van der Waals surface area (Å²) in [5, 5.41) is 22.7. The third kappa shape index (κ3) is 6.63. The average Bonchev–Trinajstić information content (AvgIpc) is 2.76. The molecule has 0 spiro atoms. The highest BCUT2D eigenvalue weighted by Gasteiger charge is 2.51. The van der Waals surface area contributed by atoms with Gasteiger partial charge < -0.3 is 14.6 Å². The molecular formula is C27H40O3Si. The minimum absolute atomic E-state index is 0.00212. The van der Waals surface area contributed by atoms with Crippen molar-refractivity contribution in [1.29, 1.82) is 0 Å². The average molecular weight is 441 g/mol. The van der Waals surface area contributed by atoms with Crippen LogP contribution in [0.15, 0.2) is 72.8 Å². The standard InChI is InChI=1S/C27H40O3Si/c1-5-6-9-20-25(29)26(21-14-15-22-28)30-31(27(2,3)4,23-16-10-7-11-17-23)24-18-12-8-13-19-24/h7-8,10-19,25-26,28-29H,5-6,9,20-22H2,1-4H3/b15-14+/t25?,26-/m0/s1. The minimum Gasteiger partial charge on any atom is -0.402 e. The van der Waals surface area contributed by atoms with Crippen molar-refractivity contribution < 1.29 is 14.6 Å². The number of benzene rings is 2. The van der Waals surface area contributed by atoms with Crippen LogP contribution in [0, 0.1) is 0 Å².